The Balaban J connectivity index is 1.65. The van der Waals surface area contributed by atoms with Crippen LogP contribution >= 0.6 is 0 Å². The second-order valence-electron chi connectivity index (χ2n) is 6.97. The number of rotatable bonds is 3. The highest BCUT2D eigenvalue weighted by Crippen LogP contribution is 2.27. The van der Waals surface area contributed by atoms with E-state index in [2.05, 4.69) is 10.1 Å². The van der Waals surface area contributed by atoms with E-state index < -0.39 is 0 Å². The minimum atomic E-state index is -0.242. The van der Waals surface area contributed by atoms with Gasteiger partial charge in [-0.3, -0.25) is 9.59 Å². The molecule has 144 valence electrons. The smallest absolute Gasteiger partial charge is 0.338 e. The van der Waals surface area contributed by atoms with Gasteiger partial charge in [0.05, 0.1) is 11.3 Å². The molecule has 8 nitrogen and oxygen atoms in total. The highest BCUT2D eigenvalue weighted by atomic mass is 16.2. The Hall–Kier alpha value is -3.42. The molecule has 0 aliphatic carbocycles. The number of likely N-dealkylation sites (tertiary alicyclic amines) is 1. The van der Waals surface area contributed by atoms with Gasteiger partial charge in [0.25, 0.3) is 5.91 Å². The Labute approximate surface area is 161 Å². The lowest BCUT2D eigenvalue weighted by molar-refractivity contribution is 0.0703. The number of benzene rings is 1. The van der Waals surface area contributed by atoms with Crippen LogP contribution in [0, 0.1) is 0 Å². The average molecular weight is 379 g/mol. The molecular weight excluding hydrogens is 358 g/mol. The number of piperidine rings is 1. The molecule has 3 heterocycles. The van der Waals surface area contributed by atoms with E-state index in [0.29, 0.717) is 24.5 Å². The van der Waals surface area contributed by atoms with Gasteiger partial charge < -0.3 is 9.88 Å². The molecule has 28 heavy (non-hydrogen) atoms. The number of nitrogens with one attached hydrogen (secondary N) is 1. The molecule has 1 fully saturated rings. The third-order valence-electron chi connectivity index (χ3n) is 5.07. The molecule has 1 aliphatic rings. The van der Waals surface area contributed by atoms with Crippen molar-refractivity contribution < 1.29 is 4.79 Å². The Bertz CT molecular complexity index is 1090. The van der Waals surface area contributed by atoms with Crippen LogP contribution in [0.25, 0.3) is 5.69 Å². The van der Waals surface area contributed by atoms with Crippen molar-refractivity contribution in [1.29, 1.82) is 0 Å². The third kappa shape index (κ3) is 3.28. The zero-order valence-electron chi connectivity index (χ0n) is 15.5. The number of pyridine rings is 1. The van der Waals surface area contributed by atoms with Gasteiger partial charge in [0.15, 0.2) is 0 Å². The van der Waals surface area contributed by atoms with Crippen LogP contribution < -0.4 is 11.2 Å². The first kappa shape index (κ1) is 18.0. The summed E-state index contributed by atoms with van der Waals surface area (Å²) in [5.74, 6) is 0.484. The fourth-order valence-electron chi connectivity index (χ4n) is 3.67. The Kier molecular flexibility index (Phi) is 4.68. The van der Waals surface area contributed by atoms with Gasteiger partial charge in [-0.15, -0.1) is 0 Å². The number of para-hydroxylation sites is 1. The van der Waals surface area contributed by atoms with Gasteiger partial charge in [-0.05, 0) is 31.0 Å². The highest BCUT2D eigenvalue weighted by Gasteiger charge is 2.30. The summed E-state index contributed by atoms with van der Waals surface area (Å²) in [6.07, 6.45) is 3.10. The van der Waals surface area contributed by atoms with Crippen LogP contribution in [-0.2, 0) is 7.05 Å². The van der Waals surface area contributed by atoms with Crippen molar-refractivity contribution in [3.8, 4) is 5.69 Å². The number of aryl methyl sites for hydroxylation is 1. The quantitative estimate of drug-likeness (QED) is 0.742. The number of carbonyl (C=O) groups is 1. The summed E-state index contributed by atoms with van der Waals surface area (Å²) < 4.78 is 2.96. The van der Waals surface area contributed by atoms with Crippen molar-refractivity contribution in [2.24, 2.45) is 7.05 Å². The molecule has 1 saturated heterocycles. The molecule has 0 spiro atoms. The highest BCUT2D eigenvalue weighted by molar-refractivity contribution is 5.94. The van der Waals surface area contributed by atoms with E-state index in [-0.39, 0.29) is 23.1 Å². The maximum atomic E-state index is 12.8. The van der Waals surface area contributed by atoms with Gasteiger partial charge in [0.1, 0.15) is 5.82 Å². The van der Waals surface area contributed by atoms with Gasteiger partial charge in [0.2, 0.25) is 5.56 Å². The number of aromatic nitrogens is 4. The number of carbonyl (C=O) groups excluding carboxylic acids is 1. The second kappa shape index (κ2) is 7.30. The van der Waals surface area contributed by atoms with E-state index in [9.17, 15) is 14.4 Å². The molecule has 1 atom stereocenters. The molecule has 0 bridgehead atoms. The lowest BCUT2D eigenvalue weighted by Gasteiger charge is -2.32. The molecule has 4 rings (SSSR count). The Morgan fingerprint density at radius 1 is 1.14 bits per heavy atom. The number of nitrogens with zero attached hydrogens (tertiary/aromatic N) is 4. The monoisotopic (exact) mass is 379 g/mol. The molecular formula is C20H21N5O3. The van der Waals surface area contributed by atoms with Gasteiger partial charge in [-0.25, -0.2) is 14.0 Å². The zero-order valence-corrected chi connectivity index (χ0v) is 15.5. The molecule has 2 aromatic heterocycles. The molecule has 1 amide bonds. The Morgan fingerprint density at radius 3 is 2.64 bits per heavy atom. The number of hydrogen-bond acceptors (Lipinski definition) is 4. The summed E-state index contributed by atoms with van der Waals surface area (Å²) in [5, 5.41) is 4.47. The predicted octanol–water partition coefficient (Wildman–Crippen LogP) is 1.28. The summed E-state index contributed by atoms with van der Waals surface area (Å²) >= 11 is 0. The van der Waals surface area contributed by atoms with Crippen LogP contribution in [0.1, 0.15) is 34.9 Å². The maximum absolute atomic E-state index is 12.8. The van der Waals surface area contributed by atoms with Gasteiger partial charge in [-0.1, -0.05) is 18.2 Å². The SMILES string of the molecule is Cn1nc([C@H]2CCCN(C(=O)c3ccc(=O)[nH]c3)C2)n(-c2ccccc2)c1=O. The fourth-order valence-corrected chi connectivity index (χ4v) is 3.67. The number of hydrogen-bond donors (Lipinski definition) is 1. The minimum Gasteiger partial charge on any atom is -0.338 e. The standard InChI is InChI=1S/C20H21N5O3/c1-23-20(28)25(16-7-3-2-4-8-16)18(22-23)15-6-5-11-24(13-15)19(27)14-9-10-17(26)21-12-14/h2-4,7-10,12,15H,5-6,11,13H2,1H3,(H,21,26)/t15-/m0/s1. The lowest BCUT2D eigenvalue weighted by Crippen LogP contribution is -2.40. The van der Waals surface area contributed by atoms with E-state index in [4.69, 9.17) is 0 Å². The number of aromatic amines is 1. The average Bonchev–Trinajstić information content (AvgIpc) is 3.03. The zero-order chi connectivity index (χ0) is 19.7. The number of amides is 1. The first-order valence-corrected chi connectivity index (χ1v) is 9.24. The maximum Gasteiger partial charge on any atom is 0.350 e. The topological polar surface area (TPSA) is 93.0 Å². The first-order valence-electron chi connectivity index (χ1n) is 9.24. The summed E-state index contributed by atoms with van der Waals surface area (Å²) in [7, 11) is 1.64. The predicted molar refractivity (Wildman–Crippen MR) is 104 cm³/mol. The van der Waals surface area contributed by atoms with Gasteiger partial charge in [0, 0.05) is 38.3 Å². The van der Waals surface area contributed by atoms with Crippen molar-refractivity contribution in [3.63, 3.8) is 0 Å². The molecule has 0 unspecified atom stereocenters. The van der Waals surface area contributed by atoms with Crippen molar-refractivity contribution >= 4 is 5.91 Å². The fraction of sp³-hybridized carbons (Fsp3) is 0.300. The van der Waals surface area contributed by atoms with Crippen LogP contribution in [0.2, 0.25) is 0 Å². The third-order valence-corrected chi connectivity index (χ3v) is 5.07. The minimum absolute atomic E-state index is 0.0467. The van der Waals surface area contributed by atoms with Crippen molar-refractivity contribution in [3.05, 3.63) is 80.9 Å². The molecule has 1 aromatic carbocycles. The largest absolute Gasteiger partial charge is 0.350 e. The summed E-state index contributed by atoms with van der Waals surface area (Å²) in [6, 6.07) is 12.3. The Morgan fingerprint density at radius 2 is 1.93 bits per heavy atom. The van der Waals surface area contributed by atoms with Crippen LogP contribution in [0.4, 0.5) is 0 Å². The van der Waals surface area contributed by atoms with E-state index in [1.54, 1.807) is 16.5 Å². The number of H-pyrrole nitrogens is 1. The van der Waals surface area contributed by atoms with Crippen molar-refractivity contribution in [2.75, 3.05) is 13.1 Å². The van der Waals surface area contributed by atoms with Crippen LogP contribution in [0.15, 0.2) is 58.3 Å². The normalized spacial score (nSPS) is 16.9. The van der Waals surface area contributed by atoms with E-state index in [0.717, 1.165) is 18.5 Å². The lowest BCUT2D eigenvalue weighted by atomic mass is 9.96. The summed E-state index contributed by atoms with van der Waals surface area (Å²) in [4.78, 5) is 41.0. The molecule has 0 radical (unpaired) electrons. The molecule has 0 saturated carbocycles. The molecule has 1 N–H and O–H groups in total. The van der Waals surface area contributed by atoms with Crippen molar-refractivity contribution in [2.45, 2.75) is 18.8 Å². The van der Waals surface area contributed by atoms with Crippen LogP contribution in [0.3, 0.4) is 0 Å². The van der Waals surface area contributed by atoms with E-state index >= 15 is 0 Å². The van der Waals surface area contributed by atoms with Crippen LogP contribution in [0.5, 0.6) is 0 Å². The van der Waals surface area contributed by atoms with Crippen LogP contribution in [-0.4, -0.2) is 43.2 Å². The van der Waals surface area contributed by atoms with E-state index in [1.807, 2.05) is 30.3 Å². The summed E-state index contributed by atoms with van der Waals surface area (Å²) in [6.45, 7) is 1.11. The summed E-state index contributed by atoms with van der Waals surface area (Å²) in [5.41, 5.74) is 0.764. The molecule has 8 heteroatoms. The molecule has 3 aromatic rings. The first-order chi connectivity index (χ1) is 13.5. The van der Waals surface area contributed by atoms with Gasteiger partial charge in [-0.2, -0.15) is 5.10 Å². The van der Waals surface area contributed by atoms with E-state index in [1.165, 1.54) is 23.0 Å². The van der Waals surface area contributed by atoms with Crippen molar-refractivity contribution in [1.82, 2.24) is 24.2 Å². The molecule has 1 aliphatic heterocycles. The van der Waals surface area contributed by atoms with Gasteiger partial charge >= 0.3 is 5.69 Å². The second-order valence-corrected chi connectivity index (χ2v) is 6.97.